The van der Waals surface area contributed by atoms with Crippen LogP contribution in [-0.4, -0.2) is 32.8 Å². The Hall–Kier alpha value is -1.28. The second-order valence-corrected chi connectivity index (χ2v) is 7.69. The van der Waals surface area contributed by atoms with Gasteiger partial charge in [0.1, 0.15) is 4.16 Å². The van der Waals surface area contributed by atoms with Gasteiger partial charge >= 0.3 is 0 Å². The van der Waals surface area contributed by atoms with Gasteiger partial charge < -0.3 is 0 Å². The van der Waals surface area contributed by atoms with Crippen LogP contribution in [0.1, 0.15) is 19.8 Å². The number of benzene rings is 1. The second-order valence-electron chi connectivity index (χ2n) is 3.95. The minimum absolute atomic E-state index is 0.144. The van der Waals surface area contributed by atoms with E-state index in [4.69, 9.17) is 0 Å². The quantitative estimate of drug-likeness (QED) is 0.774. The monoisotopic (exact) mass is 344 g/mol. The number of para-hydroxylation sites is 1. The Morgan fingerprint density at radius 3 is 2.63 bits per heavy atom. The largest absolute Gasteiger partial charge is 0.273 e. The molecule has 8 heteroatoms. The molecule has 0 N–H and O–H groups in total. The van der Waals surface area contributed by atoms with Crippen LogP contribution in [0, 0.1) is 0 Å². The van der Waals surface area contributed by atoms with Gasteiger partial charge in [-0.25, -0.2) is 8.42 Å². The number of sulfone groups is 1. The maximum Gasteiger partial charge on any atom is 0.273 e. The van der Waals surface area contributed by atoms with Crippen molar-refractivity contribution in [2.24, 2.45) is 0 Å². The van der Waals surface area contributed by atoms with E-state index in [9.17, 15) is 8.42 Å². The van der Waals surface area contributed by atoms with E-state index in [1.165, 1.54) is 4.68 Å². The van der Waals surface area contributed by atoms with Crippen LogP contribution in [-0.2, 0) is 9.84 Å². The zero-order chi connectivity index (χ0) is 13.9. The van der Waals surface area contributed by atoms with Gasteiger partial charge in [-0.15, -0.1) is 0 Å². The summed E-state index contributed by atoms with van der Waals surface area (Å²) in [6.07, 6.45) is 1.26. The van der Waals surface area contributed by atoms with Crippen molar-refractivity contribution in [1.29, 1.82) is 0 Å². The van der Waals surface area contributed by atoms with Gasteiger partial charge in [0.05, 0.1) is 5.69 Å². The van der Waals surface area contributed by atoms with Crippen molar-refractivity contribution < 1.29 is 8.42 Å². The van der Waals surface area contributed by atoms with Gasteiger partial charge in [0.15, 0.2) is 0 Å². The van der Waals surface area contributed by atoms with Gasteiger partial charge in [-0.2, -0.15) is 4.68 Å². The standard InChI is InChI=1S/C11H13BrN4O2S/c1-2-6-10(12)19(17,18)11-13-14-15-16(11)9-7-4-3-5-8-9/h3-5,7-8,10H,2,6H2,1H3. The number of aromatic nitrogens is 4. The van der Waals surface area contributed by atoms with Crippen molar-refractivity contribution in [3.8, 4) is 5.69 Å². The fourth-order valence-electron chi connectivity index (χ4n) is 1.58. The fraction of sp³-hybridized carbons (Fsp3) is 0.364. The van der Waals surface area contributed by atoms with Crippen molar-refractivity contribution in [2.75, 3.05) is 0 Å². The van der Waals surface area contributed by atoms with Crippen LogP contribution >= 0.6 is 15.9 Å². The summed E-state index contributed by atoms with van der Waals surface area (Å²) < 4.78 is 25.3. The van der Waals surface area contributed by atoms with Crippen LogP contribution in [0.2, 0.25) is 0 Å². The van der Waals surface area contributed by atoms with Crippen LogP contribution in [0.15, 0.2) is 35.5 Å². The van der Waals surface area contributed by atoms with Gasteiger partial charge in [-0.1, -0.05) is 52.6 Å². The van der Waals surface area contributed by atoms with Gasteiger partial charge in [0.2, 0.25) is 9.84 Å². The van der Waals surface area contributed by atoms with Crippen LogP contribution in [0.3, 0.4) is 0 Å². The summed E-state index contributed by atoms with van der Waals surface area (Å²) in [6.45, 7) is 1.92. The highest BCUT2D eigenvalue weighted by atomic mass is 79.9. The zero-order valence-corrected chi connectivity index (χ0v) is 12.7. The molecule has 0 aliphatic rings. The summed E-state index contributed by atoms with van der Waals surface area (Å²) in [7, 11) is -3.59. The lowest BCUT2D eigenvalue weighted by Gasteiger charge is -2.09. The third-order valence-electron chi connectivity index (χ3n) is 2.55. The molecule has 6 nitrogen and oxygen atoms in total. The molecule has 1 heterocycles. The lowest BCUT2D eigenvalue weighted by atomic mass is 10.3. The number of rotatable bonds is 5. The molecule has 0 bridgehead atoms. The van der Waals surface area contributed by atoms with Crippen molar-refractivity contribution in [3.63, 3.8) is 0 Å². The Labute approximate surface area is 119 Å². The first-order chi connectivity index (χ1) is 9.07. The van der Waals surface area contributed by atoms with E-state index < -0.39 is 14.0 Å². The third kappa shape index (κ3) is 2.84. The van der Waals surface area contributed by atoms with E-state index >= 15 is 0 Å². The van der Waals surface area contributed by atoms with Gasteiger partial charge in [0, 0.05) is 0 Å². The average molecular weight is 345 g/mol. The first kappa shape index (κ1) is 14.1. The summed E-state index contributed by atoms with van der Waals surface area (Å²) in [6, 6.07) is 8.93. The number of halogens is 1. The highest BCUT2D eigenvalue weighted by molar-refractivity contribution is 9.11. The van der Waals surface area contributed by atoms with Crippen LogP contribution < -0.4 is 0 Å². The van der Waals surface area contributed by atoms with E-state index in [1.807, 2.05) is 13.0 Å². The summed E-state index contributed by atoms with van der Waals surface area (Å²) in [4.78, 5) is 0. The van der Waals surface area contributed by atoms with Crippen molar-refractivity contribution >= 4 is 25.8 Å². The number of hydrogen-bond acceptors (Lipinski definition) is 5. The molecule has 0 saturated heterocycles. The summed E-state index contributed by atoms with van der Waals surface area (Å²) in [5.74, 6) is 0. The Morgan fingerprint density at radius 2 is 2.00 bits per heavy atom. The first-order valence-electron chi connectivity index (χ1n) is 5.79. The summed E-state index contributed by atoms with van der Waals surface area (Å²) >= 11 is 3.19. The lowest BCUT2D eigenvalue weighted by Crippen LogP contribution is -2.19. The normalized spacial score (nSPS) is 13.4. The van der Waals surface area contributed by atoms with Gasteiger partial charge in [0.25, 0.3) is 5.16 Å². The molecule has 19 heavy (non-hydrogen) atoms. The minimum atomic E-state index is -3.59. The molecular weight excluding hydrogens is 332 g/mol. The molecule has 1 aromatic heterocycles. The van der Waals surface area contributed by atoms with Gasteiger partial charge in [-0.05, 0) is 29.0 Å². The molecule has 0 spiro atoms. The molecule has 0 fully saturated rings. The molecule has 0 saturated carbocycles. The predicted octanol–water partition coefficient (Wildman–Crippen LogP) is 1.96. The minimum Gasteiger partial charge on any atom is -0.219 e. The van der Waals surface area contributed by atoms with E-state index in [1.54, 1.807) is 24.3 Å². The predicted molar refractivity (Wildman–Crippen MR) is 74.0 cm³/mol. The summed E-state index contributed by atoms with van der Waals surface area (Å²) in [5, 5.41) is 10.7. The van der Waals surface area contributed by atoms with Crippen LogP contribution in [0.25, 0.3) is 5.69 Å². The molecule has 2 aromatic rings. The Balaban J connectivity index is 2.46. The molecular formula is C11H13BrN4O2S. The van der Waals surface area contributed by atoms with Crippen molar-refractivity contribution in [3.05, 3.63) is 30.3 Å². The molecule has 1 aromatic carbocycles. The summed E-state index contributed by atoms with van der Waals surface area (Å²) in [5.41, 5.74) is 0.613. The molecule has 0 amide bonds. The Morgan fingerprint density at radius 1 is 1.32 bits per heavy atom. The van der Waals surface area contributed by atoms with Gasteiger partial charge in [-0.3, -0.25) is 0 Å². The smallest absolute Gasteiger partial charge is 0.219 e. The van der Waals surface area contributed by atoms with Crippen LogP contribution in [0.4, 0.5) is 0 Å². The van der Waals surface area contributed by atoms with E-state index in [-0.39, 0.29) is 5.16 Å². The van der Waals surface area contributed by atoms with E-state index in [0.717, 1.165) is 6.42 Å². The number of nitrogens with zero attached hydrogens (tertiary/aromatic N) is 4. The molecule has 102 valence electrons. The third-order valence-corrected chi connectivity index (χ3v) is 6.16. The number of alkyl halides is 1. The maximum absolute atomic E-state index is 12.4. The zero-order valence-electron chi connectivity index (χ0n) is 10.3. The van der Waals surface area contributed by atoms with Crippen LogP contribution in [0.5, 0.6) is 0 Å². The number of tetrazole rings is 1. The number of hydrogen-bond donors (Lipinski definition) is 0. The second kappa shape index (κ2) is 5.79. The molecule has 1 unspecified atom stereocenters. The molecule has 0 aliphatic carbocycles. The highest BCUT2D eigenvalue weighted by Crippen LogP contribution is 2.23. The first-order valence-corrected chi connectivity index (χ1v) is 8.25. The molecule has 0 aliphatic heterocycles. The lowest BCUT2D eigenvalue weighted by molar-refractivity contribution is 0.574. The fourth-order valence-corrected chi connectivity index (χ4v) is 3.85. The average Bonchev–Trinajstić information content (AvgIpc) is 2.90. The van der Waals surface area contributed by atoms with E-state index in [0.29, 0.717) is 12.1 Å². The highest BCUT2D eigenvalue weighted by Gasteiger charge is 2.30. The Kier molecular flexibility index (Phi) is 4.31. The molecule has 2 rings (SSSR count). The van der Waals surface area contributed by atoms with Crippen molar-refractivity contribution in [1.82, 2.24) is 20.2 Å². The van der Waals surface area contributed by atoms with E-state index in [2.05, 4.69) is 31.5 Å². The molecule has 1 atom stereocenters. The topological polar surface area (TPSA) is 77.7 Å². The van der Waals surface area contributed by atoms with Crippen molar-refractivity contribution in [2.45, 2.75) is 29.1 Å². The Bertz CT molecular complexity index is 642. The molecule has 0 radical (unpaired) electrons. The maximum atomic E-state index is 12.4. The SMILES string of the molecule is CCCC(Br)S(=O)(=O)c1nnnn1-c1ccccc1.